The molecule has 13 heavy (non-hydrogen) atoms. The first-order chi connectivity index (χ1) is 5.90. The zero-order valence-electron chi connectivity index (χ0n) is 6.97. The van der Waals surface area contributed by atoms with Crippen LogP contribution in [0, 0.1) is 6.92 Å². The molecule has 1 atom stereocenters. The van der Waals surface area contributed by atoms with Gasteiger partial charge in [-0.25, -0.2) is 0 Å². The van der Waals surface area contributed by atoms with E-state index in [1.807, 2.05) is 5.38 Å². The number of rotatable bonds is 3. The maximum absolute atomic E-state index is 10.4. The van der Waals surface area contributed by atoms with Crippen LogP contribution >= 0.6 is 11.3 Å². The van der Waals surface area contributed by atoms with Crippen molar-refractivity contribution in [2.75, 3.05) is 5.75 Å². The second-order valence-corrected chi connectivity index (χ2v) is 5.02. The average molecular weight is 222 g/mol. The van der Waals surface area contributed by atoms with Crippen LogP contribution < -0.4 is 0 Å². The molecule has 0 aliphatic heterocycles. The van der Waals surface area contributed by atoms with Crippen molar-refractivity contribution >= 4 is 21.5 Å². The van der Waals surface area contributed by atoms with Crippen molar-refractivity contribution < 1.29 is 18.1 Å². The van der Waals surface area contributed by atoms with Crippen molar-refractivity contribution in [3.05, 3.63) is 21.9 Å². The Bertz CT molecular complexity index is 379. The summed E-state index contributed by atoms with van der Waals surface area (Å²) in [5.74, 6) is -0.648. The summed E-state index contributed by atoms with van der Waals surface area (Å²) >= 11 is 1.38. The highest BCUT2D eigenvalue weighted by atomic mass is 32.2. The third-order valence-electron chi connectivity index (χ3n) is 1.62. The number of aliphatic hydroxyl groups is 1. The third-order valence-corrected chi connectivity index (χ3v) is 3.24. The Kier molecular flexibility index (Phi) is 3.07. The number of thiophene rings is 1. The molecule has 6 heteroatoms. The molecular weight excluding hydrogens is 212 g/mol. The van der Waals surface area contributed by atoms with Crippen LogP contribution in [0.4, 0.5) is 0 Å². The van der Waals surface area contributed by atoms with Crippen LogP contribution in [-0.2, 0) is 10.1 Å². The molecule has 0 amide bonds. The summed E-state index contributed by atoms with van der Waals surface area (Å²) in [6.07, 6.45) is -1.14. The van der Waals surface area contributed by atoms with E-state index >= 15 is 0 Å². The summed E-state index contributed by atoms with van der Waals surface area (Å²) in [5, 5.41) is 12.9. The summed E-state index contributed by atoms with van der Waals surface area (Å²) in [4.78, 5) is 0. The van der Waals surface area contributed by atoms with Gasteiger partial charge in [0.15, 0.2) is 0 Å². The van der Waals surface area contributed by atoms with E-state index in [2.05, 4.69) is 0 Å². The van der Waals surface area contributed by atoms with E-state index in [0.717, 1.165) is 5.56 Å². The van der Waals surface area contributed by atoms with Gasteiger partial charge in [-0.3, -0.25) is 4.55 Å². The minimum atomic E-state index is -4.11. The molecule has 1 aromatic rings. The van der Waals surface area contributed by atoms with E-state index in [-0.39, 0.29) is 0 Å². The topological polar surface area (TPSA) is 74.6 Å². The average Bonchev–Trinajstić information content (AvgIpc) is 2.30. The van der Waals surface area contributed by atoms with Crippen molar-refractivity contribution in [1.29, 1.82) is 0 Å². The lowest BCUT2D eigenvalue weighted by atomic mass is 10.1. The zero-order valence-corrected chi connectivity index (χ0v) is 8.60. The molecule has 1 heterocycles. The number of hydrogen-bond donors (Lipinski definition) is 2. The molecule has 74 valence electrons. The van der Waals surface area contributed by atoms with E-state index in [4.69, 9.17) is 4.55 Å². The highest BCUT2D eigenvalue weighted by Gasteiger charge is 2.17. The number of hydrogen-bond acceptors (Lipinski definition) is 4. The van der Waals surface area contributed by atoms with Crippen molar-refractivity contribution in [1.82, 2.24) is 0 Å². The molecular formula is C7H10O4S2. The summed E-state index contributed by atoms with van der Waals surface area (Å²) in [5.41, 5.74) is 1.39. The van der Waals surface area contributed by atoms with Gasteiger partial charge in [0.1, 0.15) is 5.75 Å². The van der Waals surface area contributed by atoms with Gasteiger partial charge in [-0.1, -0.05) is 0 Å². The van der Waals surface area contributed by atoms with Gasteiger partial charge in [0.2, 0.25) is 0 Å². The summed E-state index contributed by atoms with van der Waals surface area (Å²) in [6.45, 7) is 1.78. The van der Waals surface area contributed by atoms with E-state index in [1.54, 1.807) is 12.3 Å². The van der Waals surface area contributed by atoms with Crippen LogP contribution in [0.25, 0.3) is 0 Å². The van der Waals surface area contributed by atoms with Gasteiger partial charge in [-0.2, -0.15) is 19.8 Å². The van der Waals surface area contributed by atoms with Gasteiger partial charge in [0, 0.05) is 0 Å². The van der Waals surface area contributed by atoms with Crippen molar-refractivity contribution in [2.45, 2.75) is 13.0 Å². The lowest BCUT2D eigenvalue weighted by Crippen LogP contribution is -2.13. The van der Waals surface area contributed by atoms with Crippen molar-refractivity contribution in [3.8, 4) is 0 Å². The summed E-state index contributed by atoms with van der Waals surface area (Å²) < 4.78 is 29.4. The molecule has 1 unspecified atom stereocenters. The van der Waals surface area contributed by atoms with Crippen LogP contribution in [0.5, 0.6) is 0 Å². The Hall–Kier alpha value is -0.430. The quantitative estimate of drug-likeness (QED) is 0.747. The maximum atomic E-state index is 10.4. The Morgan fingerprint density at radius 2 is 2.15 bits per heavy atom. The highest BCUT2D eigenvalue weighted by molar-refractivity contribution is 7.85. The molecule has 0 fully saturated rings. The minimum absolute atomic E-state index is 0.558. The third kappa shape index (κ3) is 3.07. The van der Waals surface area contributed by atoms with Gasteiger partial charge in [-0.15, -0.1) is 0 Å². The van der Waals surface area contributed by atoms with E-state index in [0.29, 0.717) is 5.56 Å². The largest absolute Gasteiger partial charge is 0.387 e. The SMILES string of the molecule is Cc1cscc1C(O)CS(=O)(=O)O. The monoisotopic (exact) mass is 222 g/mol. The molecule has 1 rings (SSSR count). The second-order valence-electron chi connectivity index (χ2n) is 2.77. The first kappa shape index (κ1) is 10.6. The predicted octanol–water partition coefficient (Wildman–Crippen LogP) is 0.978. The molecule has 0 aromatic carbocycles. The first-order valence-electron chi connectivity index (χ1n) is 3.56. The van der Waals surface area contributed by atoms with Gasteiger partial charge < -0.3 is 5.11 Å². The fourth-order valence-corrected chi connectivity index (χ4v) is 2.48. The van der Waals surface area contributed by atoms with E-state index in [1.165, 1.54) is 11.3 Å². The molecule has 4 nitrogen and oxygen atoms in total. The van der Waals surface area contributed by atoms with Gasteiger partial charge >= 0.3 is 0 Å². The first-order valence-corrected chi connectivity index (χ1v) is 6.11. The van der Waals surface area contributed by atoms with Crippen LogP contribution in [0.2, 0.25) is 0 Å². The van der Waals surface area contributed by atoms with Crippen molar-refractivity contribution in [3.63, 3.8) is 0 Å². The molecule has 1 aromatic heterocycles. The van der Waals surface area contributed by atoms with Crippen LogP contribution in [0.1, 0.15) is 17.2 Å². The molecule has 0 bridgehead atoms. The Morgan fingerprint density at radius 1 is 1.54 bits per heavy atom. The van der Waals surface area contributed by atoms with E-state index in [9.17, 15) is 13.5 Å². The Balaban J connectivity index is 2.81. The van der Waals surface area contributed by atoms with Crippen LogP contribution in [0.15, 0.2) is 10.8 Å². The molecule has 0 aliphatic carbocycles. The molecule has 2 N–H and O–H groups in total. The fourth-order valence-electron chi connectivity index (χ4n) is 1.00. The van der Waals surface area contributed by atoms with E-state index < -0.39 is 22.0 Å². The summed E-state index contributed by atoms with van der Waals surface area (Å²) in [6, 6.07) is 0. The second kappa shape index (κ2) is 3.75. The van der Waals surface area contributed by atoms with Gasteiger partial charge in [0.05, 0.1) is 6.10 Å². The molecule has 0 spiro atoms. The minimum Gasteiger partial charge on any atom is -0.387 e. The normalized spacial score (nSPS) is 14.4. The van der Waals surface area contributed by atoms with Gasteiger partial charge in [0.25, 0.3) is 10.1 Å². The molecule has 0 saturated carbocycles. The predicted molar refractivity (Wildman–Crippen MR) is 50.4 cm³/mol. The lowest BCUT2D eigenvalue weighted by molar-refractivity contribution is 0.199. The Labute approximate surface area is 80.6 Å². The van der Waals surface area contributed by atoms with Gasteiger partial charge in [-0.05, 0) is 28.8 Å². The lowest BCUT2D eigenvalue weighted by Gasteiger charge is -2.07. The molecule has 0 aliphatic rings. The smallest absolute Gasteiger partial charge is 0.267 e. The molecule has 0 saturated heterocycles. The fraction of sp³-hybridized carbons (Fsp3) is 0.429. The highest BCUT2D eigenvalue weighted by Crippen LogP contribution is 2.22. The molecule has 0 radical (unpaired) electrons. The number of aryl methyl sites for hydroxylation is 1. The van der Waals surface area contributed by atoms with Crippen LogP contribution in [0.3, 0.4) is 0 Å². The van der Waals surface area contributed by atoms with Crippen molar-refractivity contribution in [2.24, 2.45) is 0 Å². The maximum Gasteiger partial charge on any atom is 0.267 e. The number of aliphatic hydroxyl groups excluding tert-OH is 1. The summed E-state index contributed by atoms with van der Waals surface area (Å²) in [7, 11) is -4.11. The van der Waals surface area contributed by atoms with Crippen LogP contribution in [-0.4, -0.2) is 23.8 Å². The zero-order chi connectivity index (χ0) is 10.1. The standard InChI is InChI=1S/C7H10O4S2/c1-5-2-12-3-6(5)7(8)4-13(9,10)11/h2-3,7-8H,4H2,1H3,(H,9,10,11). The Morgan fingerprint density at radius 3 is 2.54 bits per heavy atom.